The Hall–Kier alpha value is -3.35. The van der Waals surface area contributed by atoms with Crippen LogP contribution in [0.15, 0.2) is 53.6 Å². The Morgan fingerprint density at radius 2 is 1.81 bits per heavy atom. The van der Waals surface area contributed by atoms with Gasteiger partial charge in [0.15, 0.2) is 0 Å². The van der Waals surface area contributed by atoms with Crippen molar-refractivity contribution in [1.29, 1.82) is 0 Å². The predicted octanol–water partition coefficient (Wildman–Crippen LogP) is 2.47. The van der Waals surface area contributed by atoms with Gasteiger partial charge in [0.1, 0.15) is 11.5 Å². The molecule has 0 heterocycles. The van der Waals surface area contributed by atoms with E-state index in [1.165, 1.54) is 12.1 Å². The van der Waals surface area contributed by atoms with E-state index in [9.17, 15) is 19.8 Å². The zero-order valence-corrected chi connectivity index (χ0v) is 14.6. The molecule has 0 radical (unpaired) electrons. The van der Waals surface area contributed by atoms with Gasteiger partial charge in [-0.1, -0.05) is 30.3 Å². The molecule has 2 amide bonds. The van der Waals surface area contributed by atoms with Crippen LogP contribution in [0.3, 0.4) is 0 Å². The van der Waals surface area contributed by atoms with Crippen LogP contribution in [0.4, 0.5) is 0 Å². The molecule has 0 aliphatic rings. The van der Waals surface area contributed by atoms with E-state index in [-0.39, 0.29) is 35.4 Å². The molecule has 0 spiro atoms. The number of aromatic hydroxyl groups is 2. The van der Waals surface area contributed by atoms with Gasteiger partial charge in [-0.3, -0.25) is 9.59 Å². The first kappa shape index (κ1) is 19.0. The van der Waals surface area contributed by atoms with Crippen LogP contribution in [0.5, 0.6) is 11.5 Å². The van der Waals surface area contributed by atoms with E-state index in [0.29, 0.717) is 5.71 Å². The van der Waals surface area contributed by atoms with E-state index < -0.39 is 5.91 Å². The Morgan fingerprint density at radius 3 is 2.46 bits per heavy atom. The molecule has 1 atom stereocenters. The first-order chi connectivity index (χ1) is 12.4. The van der Waals surface area contributed by atoms with Crippen molar-refractivity contribution in [1.82, 2.24) is 10.7 Å². The van der Waals surface area contributed by atoms with Crippen molar-refractivity contribution in [2.24, 2.45) is 5.10 Å². The number of carbonyl (C=O) groups is 2. The fourth-order valence-electron chi connectivity index (χ4n) is 2.31. The average molecular weight is 355 g/mol. The Morgan fingerprint density at radius 1 is 1.12 bits per heavy atom. The number of benzene rings is 2. The van der Waals surface area contributed by atoms with E-state index in [2.05, 4.69) is 15.8 Å². The van der Waals surface area contributed by atoms with Crippen LogP contribution >= 0.6 is 0 Å². The van der Waals surface area contributed by atoms with E-state index in [1.54, 1.807) is 6.92 Å². The van der Waals surface area contributed by atoms with Gasteiger partial charge in [-0.2, -0.15) is 5.10 Å². The highest BCUT2D eigenvalue weighted by atomic mass is 16.3. The largest absolute Gasteiger partial charge is 0.508 e. The molecule has 0 unspecified atom stereocenters. The molecule has 0 aromatic heterocycles. The number of phenols is 2. The van der Waals surface area contributed by atoms with E-state index >= 15 is 0 Å². The van der Waals surface area contributed by atoms with Crippen LogP contribution in [-0.4, -0.2) is 27.7 Å². The van der Waals surface area contributed by atoms with Crippen LogP contribution in [0.1, 0.15) is 42.2 Å². The number of phenolic OH excluding ortho intramolecular Hbond substituents is 2. The third-order valence-corrected chi connectivity index (χ3v) is 3.67. The number of hydrogen-bond donors (Lipinski definition) is 4. The third kappa shape index (κ3) is 5.34. The monoisotopic (exact) mass is 355 g/mol. The van der Waals surface area contributed by atoms with Gasteiger partial charge in [0, 0.05) is 11.8 Å². The number of carbonyl (C=O) groups excluding carboxylic acids is 2. The second kappa shape index (κ2) is 8.66. The molecule has 0 aliphatic heterocycles. The summed E-state index contributed by atoms with van der Waals surface area (Å²) in [6, 6.07) is 13.0. The summed E-state index contributed by atoms with van der Waals surface area (Å²) in [4.78, 5) is 24.0. The second-order valence-electron chi connectivity index (χ2n) is 5.87. The van der Waals surface area contributed by atoms with Crippen LogP contribution in [-0.2, 0) is 4.79 Å². The Bertz CT molecular complexity index is 819. The highest BCUT2D eigenvalue weighted by Gasteiger charge is 2.13. The summed E-state index contributed by atoms with van der Waals surface area (Å²) in [5, 5.41) is 25.6. The van der Waals surface area contributed by atoms with Crippen molar-refractivity contribution in [3.8, 4) is 11.5 Å². The molecule has 4 N–H and O–H groups in total. The molecule has 136 valence electrons. The van der Waals surface area contributed by atoms with Gasteiger partial charge in [-0.25, -0.2) is 5.43 Å². The van der Waals surface area contributed by atoms with E-state index in [4.69, 9.17) is 0 Å². The zero-order valence-electron chi connectivity index (χ0n) is 14.6. The van der Waals surface area contributed by atoms with Crippen molar-refractivity contribution < 1.29 is 19.8 Å². The minimum Gasteiger partial charge on any atom is -0.508 e. The quantitative estimate of drug-likeness (QED) is 0.471. The number of amides is 2. The highest BCUT2D eigenvalue weighted by Crippen LogP contribution is 2.22. The van der Waals surface area contributed by atoms with Gasteiger partial charge in [0.2, 0.25) is 5.91 Å². The van der Waals surface area contributed by atoms with Gasteiger partial charge in [0.05, 0.1) is 18.0 Å². The first-order valence-corrected chi connectivity index (χ1v) is 8.06. The van der Waals surface area contributed by atoms with Gasteiger partial charge in [-0.15, -0.1) is 0 Å². The summed E-state index contributed by atoms with van der Waals surface area (Å²) in [5.41, 5.74) is 3.65. The lowest BCUT2D eigenvalue weighted by atomic mass is 10.1. The lowest BCUT2D eigenvalue weighted by molar-refractivity contribution is -0.120. The molecule has 7 nitrogen and oxygen atoms in total. The summed E-state index contributed by atoms with van der Waals surface area (Å²) in [6.07, 6.45) is 0.0268. The van der Waals surface area contributed by atoms with Gasteiger partial charge in [0.25, 0.3) is 5.91 Å². The molecule has 0 fully saturated rings. The molecule has 0 bridgehead atoms. The maximum Gasteiger partial charge on any atom is 0.275 e. The summed E-state index contributed by atoms with van der Waals surface area (Å²) >= 11 is 0. The van der Waals surface area contributed by atoms with Crippen LogP contribution < -0.4 is 10.7 Å². The van der Waals surface area contributed by atoms with Crippen molar-refractivity contribution in [3.63, 3.8) is 0 Å². The zero-order chi connectivity index (χ0) is 19.1. The lowest BCUT2D eigenvalue weighted by Gasteiger charge is -2.14. The molecule has 0 aliphatic carbocycles. The van der Waals surface area contributed by atoms with Crippen LogP contribution in [0.25, 0.3) is 0 Å². The summed E-state index contributed by atoms with van der Waals surface area (Å²) in [6.45, 7) is 3.50. The minimum absolute atomic E-state index is 0.0264. The number of hydrogen-bond acceptors (Lipinski definition) is 5. The SMILES string of the molecule is C/C(CC(=O)N[C@@H](C)c1ccccc1)=N/NC(=O)c1ccc(O)cc1O. The van der Waals surface area contributed by atoms with Gasteiger partial charge in [-0.05, 0) is 31.5 Å². The topological polar surface area (TPSA) is 111 Å². The molecule has 2 aromatic rings. The van der Waals surface area contributed by atoms with E-state index in [0.717, 1.165) is 11.6 Å². The molecular weight excluding hydrogens is 334 g/mol. The molecule has 7 heteroatoms. The number of nitrogens with one attached hydrogen (secondary N) is 2. The van der Waals surface area contributed by atoms with Crippen molar-refractivity contribution >= 4 is 17.5 Å². The standard InChI is InChI=1S/C19H21N3O4/c1-12(10-18(25)20-13(2)14-6-4-3-5-7-14)21-22-19(26)16-9-8-15(23)11-17(16)24/h3-9,11,13,23-24H,10H2,1-2H3,(H,20,25)(H,22,26)/b21-12-/t13-/m0/s1. The number of rotatable bonds is 6. The predicted molar refractivity (Wildman–Crippen MR) is 98.0 cm³/mol. The van der Waals surface area contributed by atoms with Gasteiger partial charge >= 0.3 is 0 Å². The van der Waals surface area contributed by atoms with Crippen molar-refractivity contribution in [2.45, 2.75) is 26.3 Å². The molecule has 0 saturated heterocycles. The number of nitrogens with zero attached hydrogens (tertiary/aromatic N) is 1. The van der Waals surface area contributed by atoms with Crippen LogP contribution in [0.2, 0.25) is 0 Å². The van der Waals surface area contributed by atoms with Gasteiger partial charge < -0.3 is 15.5 Å². The molecular formula is C19H21N3O4. The maximum absolute atomic E-state index is 12.1. The highest BCUT2D eigenvalue weighted by molar-refractivity contribution is 6.01. The molecule has 2 rings (SSSR count). The summed E-state index contributed by atoms with van der Waals surface area (Å²) in [7, 11) is 0. The minimum atomic E-state index is -0.639. The molecule has 26 heavy (non-hydrogen) atoms. The smallest absolute Gasteiger partial charge is 0.275 e. The fourth-order valence-corrected chi connectivity index (χ4v) is 2.31. The van der Waals surface area contributed by atoms with E-state index in [1.807, 2.05) is 37.3 Å². The second-order valence-corrected chi connectivity index (χ2v) is 5.87. The fraction of sp³-hybridized carbons (Fsp3) is 0.211. The first-order valence-electron chi connectivity index (χ1n) is 8.06. The van der Waals surface area contributed by atoms with Crippen molar-refractivity contribution in [3.05, 3.63) is 59.7 Å². The molecule has 0 saturated carbocycles. The average Bonchev–Trinajstić information content (AvgIpc) is 2.60. The normalized spacial score (nSPS) is 12.3. The lowest BCUT2D eigenvalue weighted by Crippen LogP contribution is -2.28. The maximum atomic E-state index is 12.1. The number of hydrazone groups is 1. The Balaban J connectivity index is 1.89. The molecule has 2 aromatic carbocycles. The summed E-state index contributed by atoms with van der Waals surface area (Å²) < 4.78 is 0. The summed E-state index contributed by atoms with van der Waals surface area (Å²) in [5.74, 6) is -1.36. The van der Waals surface area contributed by atoms with Crippen LogP contribution in [0, 0.1) is 0 Å². The Labute approximate surface area is 151 Å². The Kier molecular flexibility index (Phi) is 6.32. The van der Waals surface area contributed by atoms with Crippen molar-refractivity contribution in [2.75, 3.05) is 0 Å². The third-order valence-electron chi connectivity index (χ3n) is 3.67.